The number of hydrogen-bond acceptors (Lipinski definition) is 5. The van der Waals surface area contributed by atoms with E-state index < -0.39 is 22.2 Å². The summed E-state index contributed by atoms with van der Waals surface area (Å²) in [6, 6.07) is 6.31. The zero-order valence-corrected chi connectivity index (χ0v) is 22.8. The van der Waals surface area contributed by atoms with Crippen LogP contribution in [0.4, 0.5) is 10.5 Å². The van der Waals surface area contributed by atoms with Gasteiger partial charge in [0, 0.05) is 29.1 Å². The van der Waals surface area contributed by atoms with Gasteiger partial charge in [0.2, 0.25) is 15.9 Å². The first kappa shape index (κ1) is 26.7. The molecule has 8 nitrogen and oxygen atoms in total. The van der Waals surface area contributed by atoms with Crippen LogP contribution in [0.3, 0.4) is 0 Å². The second kappa shape index (κ2) is 10.5. The number of carboxylic acid groups (broad SMARTS) is 1. The van der Waals surface area contributed by atoms with E-state index in [1.54, 1.807) is 17.0 Å². The van der Waals surface area contributed by atoms with E-state index in [2.05, 4.69) is 18.6 Å². The molecule has 2 aliphatic heterocycles. The number of carbonyl (C=O) groups excluding carboxylic acids is 1. The monoisotopic (exact) mass is 551 g/mol. The predicted molar refractivity (Wildman–Crippen MR) is 143 cm³/mol. The molecule has 0 spiro atoms. The Hall–Kier alpha value is -2.40. The number of anilines is 1. The van der Waals surface area contributed by atoms with E-state index in [1.165, 1.54) is 22.3 Å². The molecule has 2 aromatic rings. The number of hydrogen-bond donors (Lipinski definition) is 2. The molecular weight excluding hydrogens is 522 g/mol. The van der Waals surface area contributed by atoms with Crippen LogP contribution in [0.2, 0.25) is 4.34 Å². The van der Waals surface area contributed by atoms with Gasteiger partial charge in [0.1, 0.15) is 6.04 Å². The number of nitrogens with zero attached hydrogens (tertiary/aromatic N) is 2. The molecule has 2 aliphatic rings. The first-order valence-electron chi connectivity index (χ1n) is 11.9. The van der Waals surface area contributed by atoms with E-state index in [9.17, 15) is 23.1 Å². The van der Waals surface area contributed by atoms with Crippen LogP contribution in [0.1, 0.15) is 54.3 Å². The number of nitrogens with one attached hydrogen (secondary N) is 1. The molecule has 1 unspecified atom stereocenters. The van der Waals surface area contributed by atoms with Gasteiger partial charge in [0.05, 0.1) is 10.4 Å². The summed E-state index contributed by atoms with van der Waals surface area (Å²) in [5.41, 5.74) is 3.63. The van der Waals surface area contributed by atoms with Crippen LogP contribution < -0.4 is 9.62 Å². The molecule has 1 aromatic heterocycles. The lowest BCUT2D eigenvalue weighted by Gasteiger charge is -2.37. The van der Waals surface area contributed by atoms with Crippen molar-refractivity contribution in [2.45, 2.75) is 52.1 Å². The Morgan fingerprint density at radius 3 is 2.69 bits per heavy atom. The summed E-state index contributed by atoms with van der Waals surface area (Å²) in [4.78, 5) is 28.9. The highest BCUT2D eigenvalue weighted by Gasteiger charge is 2.37. The quantitative estimate of drug-likeness (QED) is 0.502. The average Bonchev–Trinajstić information content (AvgIpc) is 3.37. The maximum Gasteiger partial charge on any atom is 0.407 e. The molecule has 0 aliphatic carbocycles. The van der Waals surface area contributed by atoms with Gasteiger partial charge in [-0.2, -0.15) is 4.72 Å². The Morgan fingerprint density at radius 1 is 1.31 bits per heavy atom. The highest BCUT2D eigenvalue weighted by Crippen LogP contribution is 2.38. The van der Waals surface area contributed by atoms with Crippen molar-refractivity contribution >= 4 is 56.7 Å². The summed E-state index contributed by atoms with van der Waals surface area (Å²) in [6.45, 7) is 6.85. The first-order valence-corrected chi connectivity index (χ1v) is 14.6. The maximum atomic E-state index is 13.2. The van der Waals surface area contributed by atoms with Crippen molar-refractivity contribution in [1.29, 1.82) is 0 Å². The van der Waals surface area contributed by atoms with Gasteiger partial charge in [0.15, 0.2) is 0 Å². The third-order valence-electron chi connectivity index (χ3n) is 6.56. The molecular formula is C25H30ClN3O5S2. The Bertz CT molecular complexity index is 1300. The van der Waals surface area contributed by atoms with Crippen LogP contribution in [0.15, 0.2) is 29.7 Å². The Kier molecular flexibility index (Phi) is 7.80. The summed E-state index contributed by atoms with van der Waals surface area (Å²) in [7, 11) is -3.83. The number of rotatable bonds is 7. The smallest absolute Gasteiger partial charge is 0.407 e. The fourth-order valence-corrected chi connectivity index (χ4v) is 6.98. The maximum absolute atomic E-state index is 13.2. The highest BCUT2D eigenvalue weighted by molar-refractivity contribution is 7.92. The molecule has 0 saturated carbocycles. The molecule has 2 amide bonds. The summed E-state index contributed by atoms with van der Waals surface area (Å²) in [6.07, 6.45) is 2.18. The highest BCUT2D eigenvalue weighted by atomic mass is 35.5. The zero-order chi connectivity index (χ0) is 26.2. The van der Waals surface area contributed by atoms with E-state index in [0.717, 1.165) is 34.2 Å². The molecule has 0 radical (unpaired) electrons. The number of halogens is 1. The van der Waals surface area contributed by atoms with E-state index in [1.807, 2.05) is 19.1 Å². The molecule has 3 heterocycles. The Morgan fingerprint density at radius 2 is 2.06 bits per heavy atom. The molecule has 1 saturated heterocycles. The largest absolute Gasteiger partial charge is 0.465 e. The summed E-state index contributed by atoms with van der Waals surface area (Å²) < 4.78 is 28.2. The molecule has 4 rings (SSSR count). The van der Waals surface area contributed by atoms with Crippen LogP contribution in [0.25, 0.3) is 6.08 Å². The molecule has 2 N–H and O–H groups in total. The number of fused-ring (bicyclic) bond motifs is 1. The van der Waals surface area contributed by atoms with Crippen molar-refractivity contribution in [3.8, 4) is 0 Å². The Balaban J connectivity index is 1.53. The number of aryl methyl sites for hydroxylation is 1. The topological polar surface area (TPSA) is 107 Å². The van der Waals surface area contributed by atoms with Gasteiger partial charge in [-0.25, -0.2) is 13.2 Å². The minimum Gasteiger partial charge on any atom is -0.465 e. The van der Waals surface area contributed by atoms with Crippen molar-refractivity contribution in [2.24, 2.45) is 5.92 Å². The van der Waals surface area contributed by atoms with Crippen LogP contribution in [0, 0.1) is 12.8 Å². The summed E-state index contributed by atoms with van der Waals surface area (Å²) in [5.74, 6) is 0.0264. The molecule has 11 heteroatoms. The van der Waals surface area contributed by atoms with Gasteiger partial charge in [-0.15, -0.1) is 11.3 Å². The minimum atomic E-state index is -3.83. The number of sulfonamides is 1. The van der Waals surface area contributed by atoms with E-state index in [4.69, 9.17) is 11.6 Å². The summed E-state index contributed by atoms with van der Waals surface area (Å²) >= 11 is 7.15. The summed E-state index contributed by atoms with van der Waals surface area (Å²) in [5, 5.41) is 10.8. The molecule has 36 heavy (non-hydrogen) atoms. The van der Waals surface area contributed by atoms with Crippen LogP contribution >= 0.6 is 22.9 Å². The van der Waals surface area contributed by atoms with Crippen LogP contribution in [-0.2, 0) is 21.2 Å². The van der Waals surface area contributed by atoms with Crippen molar-refractivity contribution in [2.75, 3.05) is 18.0 Å². The standard InChI is InChI=1S/C25H30ClN3O5S2/c1-15(2)12-22-19-13-16(3)21(14-17(19)6-9-29(22)25(31)32)28-10-7-20(24(28)30)27-36(33,34)11-8-18-4-5-23(26)35-18/h4-5,8,11,13-15,20,22,27H,6-7,9-10,12H2,1-3H3,(H,31,32)/t20-,22?/m0/s1. The van der Waals surface area contributed by atoms with Gasteiger partial charge in [0.25, 0.3) is 0 Å². The predicted octanol–water partition coefficient (Wildman–Crippen LogP) is 5.03. The lowest BCUT2D eigenvalue weighted by atomic mass is 9.86. The first-order chi connectivity index (χ1) is 16.9. The molecule has 194 valence electrons. The number of amides is 2. The van der Waals surface area contributed by atoms with Crippen molar-refractivity contribution < 1.29 is 23.1 Å². The van der Waals surface area contributed by atoms with Crippen molar-refractivity contribution in [1.82, 2.24) is 9.62 Å². The number of benzene rings is 1. The molecule has 1 aromatic carbocycles. The third kappa shape index (κ3) is 5.77. The van der Waals surface area contributed by atoms with Crippen LogP contribution in [-0.4, -0.2) is 49.6 Å². The van der Waals surface area contributed by atoms with Gasteiger partial charge in [-0.1, -0.05) is 31.5 Å². The minimum absolute atomic E-state index is 0.224. The van der Waals surface area contributed by atoms with E-state index in [-0.39, 0.29) is 11.9 Å². The normalized spacial score (nSPS) is 20.5. The lowest BCUT2D eigenvalue weighted by Crippen LogP contribution is -2.41. The Labute approximate surface area is 220 Å². The molecule has 0 bridgehead atoms. The third-order valence-corrected chi connectivity index (χ3v) is 8.87. The van der Waals surface area contributed by atoms with Gasteiger partial charge >= 0.3 is 6.09 Å². The van der Waals surface area contributed by atoms with Crippen LogP contribution in [0.5, 0.6) is 0 Å². The van der Waals surface area contributed by atoms with Crippen molar-refractivity contribution in [3.63, 3.8) is 0 Å². The lowest BCUT2D eigenvalue weighted by molar-refractivity contribution is -0.118. The number of thiophene rings is 1. The second-order valence-electron chi connectivity index (χ2n) is 9.65. The van der Waals surface area contributed by atoms with E-state index in [0.29, 0.717) is 41.1 Å². The molecule has 1 fully saturated rings. The van der Waals surface area contributed by atoms with E-state index >= 15 is 0 Å². The zero-order valence-electron chi connectivity index (χ0n) is 20.4. The SMILES string of the molecule is Cc1cc2c(cc1N1CC[C@H](NS(=O)(=O)C=Cc3ccc(Cl)s3)C1=O)CCN(C(=O)O)C2CC(C)C. The van der Waals surface area contributed by atoms with Gasteiger partial charge < -0.3 is 14.9 Å². The van der Waals surface area contributed by atoms with Gasteiger partial charge in [-0.05, 0) is 73.1 Å². The molecule has 2 atom stereocenters. The number of carbonyl (C=O) groups is 2. The van der Waals surface area contributed by atoms with Gasteiger partial charge in [-0.3, -0.25) is 4.79 Å². The fourth-order valence-electron chi connectivity index (χ4n) is 4.91. The average molecular weight is 552 g/mol. The fraction of sp³-hybridized carbons (Fsp3) is 0.440. The second-order valence-corrected chi connectivity index (χ2v) is 13.0. The van der Waals surface area contributed by atoms with Crippen molar-refractivity contribution in [3.05, 3.63) is 55.6 Å².